The number of fused-ring (bicyclic) bond motifs is 1. The Hall–Kier alpha value is -1.72. The summed E-state index contributed by atoms with van der Waals surface area (Å²) in [4.78, 5) is 4.36. The van der Waals surface area contributed by atoms with Gasteiger partial charge in [0.25, 0.3) is 5.89 Å². The topological polar surface area (TPSA) is 64.9 Å². The van der Waals surface area contributed by atoms with Gasteiger partial charge in [-0.2, -0.15) is 4.98 Å². The lowest BCUT2D eigenvalue weighted by molar-refractivity contribution is 0.397. The molecule has 0 aliphatic heterocycles. The summed E-state index contributed by atoms with van der Waals surface area (Å²) < 4.78 is 6.36. The first-order valence-corrected chi connectivity index (χ1v) is 7.05. The second kappa shape index (κ2) is 4.68. The van der Waals surface area contributed by atoms with E-state index in [0.717, 1.165) is 20.8 Å². The number of halogens is 1. The van der Waals surface area contributed by atoms with Gasteiger partial charge < -0.3 is 10.3 Å². The fourth-order valence-electron chi connectivity index (χ4n) is 1.95. The van der Waals surface area contributed by atoms with Crippen molar-refractivity contribution in [3.05, 3.63) is 46.7 Å². The predicted molar refractivity (Wildman–Crippen MR) is 82.2 cm³/mol. The number of rotatable bonds is 2. The Morgan fingerprint density at radius 2 is 1.80 bits per heavy atom. The van der Waals surface area contributed by atoms with Gasteiger partial charge in [-0.15, -0.1) is 0 Å². The van der Waals surface area contributed by atoms with Gasteiger partial charge >= 0.3 is 0 Å². The van der Waals surface area contributed by atoms with Crippen LogP contribution in [-0.4, -0.2) is 10.1 Å². The van der Waals surface area contributed by atoms with Crippen molar-refractivity contribution in [3.63, 3.8) is 0 Å². The van der Waals surface area contributed by atoms with Gasteiger partial charge in [0.05, 0.1) is 5.54 Å². The molecule has 2 aromatic carbocycles. The predicted octanol–water partition coefficient (Wildman–Crippen LogP) is 3.85. The van der Waals surface area contributed by atoms with Gasteiger partial charge in [0.1, 0.15) is 0 Å². The van der Waals surface area contributed by atoms with Crippen molar-refractivity contribution in [1.82, 2.24) is 10.1 Å². The Labute approximate surface area is 125 Å². The summed E-state index contributed by atoms with van der Waals surface area (Å²) in [5, 5.41) is 6.22. The van der Waals surface area contributed by atoms with Crippen LogP contribution in [0.2, 0.25) is 0 Å². The number of nitrogens with two attached hydrogens (primary N) is 1. The maximum absolute atomic E-state index is 5.97. The molecule has 0 spiro atoms. The number of hydrogen-bond donors (Lipinski definition) is 1. The van der Waals surface area contributed by atoms with Crippen LogP contribution in [0.3, 0.4) is 0 Å². The average Bonchev–Trinajstić information content (AvgIpc) is 2.87. The summed E-state index contributed by atoms with van der Waals surface area (Å²) in [7, 11) is 0. The Bertz CT molecular complexity index is 774. The Balaban J connectivity index is 2.06. The number of aromatic nitrogens is 2. The molecule has 0 unspecified atom stereocenters. The van der Waals surface area contributed by atoms with Crippen LogP contribution in [0.5, 0.6) is 0 Å². The number of hydrogen-bond acceptors (Lipinski definition) is 4. The summed E-state index contributed by atoms with van der Waals surface area (Å²) in [5.41, 5.74) is 6.25. The van der Waals surface area contributed by atoms with Crippen LogP contribution in [0.4, 0.5) is 0 Å². The summed E-state index contributed by atoms with van der Waals surface area (Å²) in [5.74, 6) is 0.992. The normalized spacial score (nSPS) is 12.0. The lowest BCUT2D eigenvalue weighted by Crippen LogP contribution is -2.30. The Morgan fingerprint density at radius 1 is 1.10 bits per heavy atom. The van der Waals surface area contributed by atoms with Crippen LogP contribution in [-0.2, 0) is 5.54 Å². The van der Waals surface area contributed by atoms with Crippen molar-refractivity contribution in [3.8, 4) is 11.5 Å². The smallest absolute Gasteiger partial charge is 0.258 e. The standard InChI is InChI=1S/C15H14BrN3O/c1-15(2,17)14-18-13(20-19-14)11-4-3-10-8-12(16)6-5-9(10)7-11/h3-8H,17H2,1-2H3. The zero-order valence-corrected chi connectivity index (χ0v) is 12.8. The maximum Gasteiger partial charge on any atom is 0.258 e. The minimum Gasteiger partial charge on any atom is -0.334 e. The molecule has 0 atom stereocenters. The molecular formula is C15H14BrN3O. The van der Waals surface area contributed by atoms with E-state index in [1.54, 1.807) is 0 Å². The summed E-state index contributed by atoms with van der Waals surface area (Å²) in [6.45, 7) is 3.69. The summed E-state index contributed by atoms with van der Waals surface area (Å²) in [6.07, 6.45) is 0. The molecule has 0 saturated carbocycles. The summed E-state index contributed by atoms with van der Waals surface area (Å²) >= 11 is 3.47. The first-order valence-electron chi connectivity index (χ1n) is 6.26. The van der Waals surface area contributed by atoms with Crippen LogP contribution in [0.15, 0.2) is 45.4 Å². The van der Waals surface area contributed by atoms with E-state index < -0.39 is 5.54 Å². The Morgan fingerprint density at radius 3 is 2.50 bits per heavy atom. The largest absolute Gasteiger partial charge is 0.334 e. The highest BCUT2D eigenvalue weighted by Crippen LogP contribution is 2.26. The van der Waals surface area contributed by atoms with Gasteiger partial charge in [-0.3, -0.25) is 0 Å². The molecule has 102 valence electrons. The van der Waals surface area contributed by atoms with E-state index >= 15 is 0 Å². The third kappa shape index (κ3) is 2.46. The summed E-state index contributed by atoms with van der Waals surface area (Å²) in [6, 6.07) is 12.2. The second-order valence-corrected chi connectivity index (χ2v) is 6.27. The fraction of sp³-hybridized carbons (Fsp3) is 0.200. The lowest BCUT2D eigenvalue weighted by atomic mass is 10.1. The molecule has 0 radical (unpaired) electrons. The molecule has 0 saturated heterocycles. The molecular weight excluding hydrogens is 318 g/mol. The molecule has 5 heteroatoms. The van der Waals surface area contributed by atoms with Crippen molar-refractivity contribution in [1.29, 1.82) is 0 Å². The van der Waals surface area contributed by atoms with Crippen molar-refractivity contribution < 1.29 is 4.52 Å². The Kier molecular flexibility index (Phi) is 3.11. The zero-order valence-electron chi connectivity index (χ0n) is 11.2. The van der Waals surface area contributed by atoms with E-state index in [1.807, 2.05) is 44.2 Å². The molecule has 1 heterocycles. The average molecular weight is 332 g/mol. The first kappa shape index (κ1) is 13.3. The van der Waals surface area contributed by atoms with E-state index in [-0.39, 0.29) is 0 Å². The highest BCUT2D eigenvalue weighted by Gasteiger charge is 2.22. The van der Waals surface area contributed by atoms with Gasteiger partial charge in [0.2, 0.25) is 0 Å². The third-order valence-corrected chi connectivity index (χ3v) is 3.54. The molecule has 0 aliphatic carbocycles. The molecule has 2 N–H and O–H groups in total. The van der Waals surface area contributed by atoms with Gasteiger partial charge in [-0.25, -0.2) is 0 Å². The first-order chi connectivity index (χ1) is 9.43. The molecule has 0 bridgehead atoms. The molecule has 3 aromatic rings. The van der Waals surface area contributed by atoms with E-state index in [1.165, 1.54) is 0 Å². The second-order valence-electron chi connectivity index (χ2n) is 5.35. The maximum atomic E-state index is 5.97. The molecule has 20 heavy (non-hydrogen) atoms. The minimum atomic E-state index is -0.608. The molecule has 0 fully saturated rings. The molecule has 4 nitrogen and oxygen atoms in total. The molecule has 1 aromatic heterocycles. The lowest BCUT2D eigenvalue weighted by Gasteiger charge is -2.11. The van der Waals surface area contributed by atoms with E-state index in [0.29, 0.717) is 11.7 Å². The van der Waals surface area contributed by atoms with Crippen LogP contribution in [0, 0.1) is 0 Å². The van der Waals surface area contributed by atoms with Gasteiger partial charge in [0.15, 0.2) is 5.82 Å². The SMILES string of the molecule is CC(C)(N)c1noc(-c2ccc3cc(Br)ccc3c2)n1. The van der Waals surface area contributed by atoms with E-state index in [4.69, 9.17) is 10.3 Å². The van der Waals surface area contributed by atoms with Gasteiger partial charge in [-0.05, 0) is 48.9 Å². The number of nitrogens with zero attached hydrogens (tertiary/aromatic N) is 2. The highest BCUT2D eigenvalue weighted by molar-refractivity contribution is 9.10. The number of benzene rings is 2. The fourth-order valence-corrected chi connectivity index (χ4v) is 2.33. The van der Waals surface area contributed by atoms with Crippen molar-refractivity contribution in [2.75, 3.05) is 0 Å². The third-order valence-electron chi connectivity index (χ3n) is 3.05. The van der Waals surface area contributed by atoms with Crippen molar-refractivity contribution in [2.24, 2.45) is 5.73 Å². The van der Waals surface area contributed by atoms with Crippen molar-refractivity contribution >= 4 is 26.7 Å². The molecule has 0 amide bonds. The zero-order chi connectivity index (χ0) is 14.3. The van der Waals surface area contributed by atoms with E-state index in [2.05, 4.69) is 32.1 Å². The quantitative estimate of drug-likeness (QED) is 0.774. The van der Waals surface area contributed by atoms with E-state index in [9.17, 15) is 0 Å². The van der Waals surface area contributed by atoms with Crippen molar-refractivity contribution in [2.45, 2.75) is 19.4 Å². The van der Waals surface area contributed by atoms with Gasteiger partial charge in [0, 0.05) is 10.0 Å². The van der Waals surface area contributed by atoms with Gasteiger partial charge in [-0.1, -0.05) is 33.2 Å². The van der Waals surface area contributed by atoms with Crippen LogP contribution >= 0.6 is 15.9 Å². The van der Waals surface area contributed by atoms with Crippen LogP contribution in [0.25, 0.3) is 22.2 Å². The van der Waals surface area contributed by atoms with Crippen LogP contribution in [0.1, 0.15) is 19.7 Å². The molecule has 3 rings (SSSR count). The minimum absolute atomic E-state index is 0.489. The molecule has 0 aliphatic rings. The van der Waals surface area contributed by atoms with Crippen LogP contribution < -0.4 is 5.73 Å². The highest BCUT2D eigenvalue weighted by atomic mass is 79.9. The monoisotopic (exact) mass is 331 g/mol.